The lowest BCUT2D eigenvalue weighted by Crippen LogP contribution is -2.60. The number of benzene rings is 1. The lowest BCUT2D eigenvalue weighted by molar-refractivity contribution is -0.140. The number of hydrogen-bond donors (Lipinski definition) is 1. The Labute approximate surface area is 168 Å². The molecule has 2 amide bonds. The van der Waals surface area contributed by atoms with E-state index in [1.165, 1.54) is 0 Å². The highest BCUT2D eigenvalue weighted by Gasteiger charge is 2.47. The Morgan fingerprint density at radius 3 is 2.75 bits per heavy atom. The van der Waals surface area contributed by atoms with Gasteiger partial charge in [0, 0.05) is 43.6 Å². The highest BCUT2D eigenvalue weighted by Crippen LogP contribution is 2.39. The van der Waals surface area contributed by atoms with Gasteiger partial charge in [-0.15, -0.1) is 6.58 Å². The summed E-state index contributed by atoms with van der Waals surface area (Å²) in [4.78, 5) is 29.5. The minimum absolute atomic E-state index is 0.0406. The molecule has 0 unspecified atom stereocenters. The maximum Gasteiger partial charge on any atom is 0.254 e. The summed E-state index contributed by atoms with van der Waals surface area (Å²) < 4.78 is 0. The molecule has 2 aliphatic rings. The molecule has 2 aliphatic heterocycles. The molecule has 1 aromatic carbocycles. The van der Waals surface area contributed by atoms with E-state index in [9.17, 15) is 14.7 Å². The number of nitrogens with zero attached hydrogens (tertiary/aromatic N) is 2. The molecule has 0 saturated carbocycles. The number of carbonyl (C=O) groups is 2. The van der Waals surface area contributed by atoms with Gasteiger partial charge in [0.2, 0.25) is 5.91 Å². The van der Waals surface area contributed by atoms with Crippen molar-refractivity contribution in [2.45, 2.75) is 51.6 Å². The van der Waals surface area contributed by atoms with Crippen LogP contribution in [-0.4, -0.2) is 59.0 Å². The summed E-state index contributed by atoms with van der Waals surface area (Å²) in [6, 6.07) is 7.76. The number of amides is 2. The Hall–Kier alpha value is -2.14. The van der Waals surface area contributed by atoms with E-state index in [0.29, 0.717) is 38.9 Å². The molecule has 28 heavy (non-hydrogen) atoms. The van der Waals surface area contributed by atoms with Gasteiger partial charge >= 0.3 is 0 Å². The second kappa shape index (κ2) is 8.91. The van der Waals surface area contributed by atoms with Crippen molar-refractivity contribution in [1.82, 2.24) is 9.80 Å². The number of carbonyl (C=O) groups excluding carboxylic acids is 2. The molecule has 3 rings (SSSR count). The van der Waals surface area contributed by atoms with Crippen molar-refractivity contribution in [3.8, 4) is 0 Å². The van der Waals surface area contributed by atoms with Gasteiger partial charge in [0.05, 0.1) is 6.10 Å². The average molecular weight is 385 g/mol. The molecule has 2 fully saturated rings. The average Bonchev–Trinajstić information content (AvgIpc) is 2.73. The van der Waals surface area contributed by atoms with Crippen LogP contribution in [0.3, 0.4) is 0 Å². The first kappa shape index (κ1) is 20.6. The Bertz CT molecular complexity index is 732. The van der Waals surface area contributed by atoms with E-state index in [2.05, 4.69) is 13.5 Å². The zero-order valence-corrected chi connectivity index (χ0v) is 16.9. The van der Waals surface area contributed by atoms with Crippen molar-refractivity contribution >= 4 is 11.8 Å². The van der Waals surface area contributed by atoms with Crippen LogP contribution in [0, 0.1) is 5.41 Å². The Morgan fingerprint density at radius 1 is 1.25 bits per heavy atom. The van der Waals surface area contributed by atoms with Crippen LogP contribution in [0.2, 0.25) is 0 Å². The van der Waals surface area contributed by atoms with E-state index >= 15 is 0 Å². The molecular weight excluding hydrogens is 352 g/mol. The van der Waals surface area contributed by atoms with Crippen LogP contribution < -0.4 is 0 Å². The van der Waals surface area contributed by atoms with E-state index < -0.39 is 11.5 Å². The van der Waals surface area contributed by atoms with Gasteiger partial charge in [-0.05, 0) is 43.7 Å². The fourth-order valence-electron chi connectivity index (χ4n) is 4.69. The number of allylic oxidation sites excluding steroid dienone is 1. The van der Waals surface area contributed by atoms with Gasteiger partial charge in [-0.3, -0.25) is 9.59 Å². The molecule has 0 aromatic heterocycles. The van der Waals surface area contributed by atoms with Crippen LogP contribution in [0.1, 0.15) is 54.9 Å². The van der Waals surface area contributed by atoms with Crippen LogP contribution in [0.4, 0.5) is 0 Å². The number of aryl methyl sites for hydroxylation is 1. The molecule has 152 valence electrons. The third-order valence-electron chi connectivity index (χ3n) is 6.32. The van der Waals surface area contributed by atoms with Crippen LogP contribution in [0.5, 0.6) is 0 Å². The van der Waals surface area contributed by atoms with E-state index in [1.807, 2.05) is 34.1 Å². The van der Waals surface area contributed by atoms with Crippen molar-refractivity contribution in [3.63, 3.8) is 0 Å². The van der Waals surface area contributed by atoms with E-state index in [0.717, 1.165) is 36.9 Å². The Morgan fingerprint density at radius 2 is 2.00 bits per heavy atom. The summed E-state index contributed by atoms with van der Waals surface area (Å²) in [5.41, 5.74) is 1.39. The van der Waals surface area contributed by atoms with Crippen molar-refractivity contribution in [2.75, 3.05) is 26.2 Å². The summed E-state index contributed by atoms with van der Waals surface area (Å²) in [5.74, 6) is 0.157. The van der Waals surface area contributed by atoms with Crippen molar-refractivity contribution < 1.29 is 14.7 Å². The number of aliphatic hydroxyl groups is 1. The highest BCUT2D eigenvalue weighted by molar-refractivity contribution is 5.95. The van der Waals surface area contributed by atoms with Gasteiger partial charge in [-0.2, -0.15) is 0 Å². The third kappa shape index (κ3) is 4.14. The fourth-order valence-corrected chi connectivity index (χ4v) is 4.69. The minimum Gasteiger partial charge on any atom is -0.392 e. The summed E-state index contributed by atoms with van der Waals surface area (Å²) in [5, 5.41) is 10.8. The number of rotatable bonds is 5. The summed E-state index contributed by atoms with van der Waals surface area (Å²) in [7, 11) is 0. The van der Waals surface area contributed by atoms with Crippen molar-refractivity contribution in [2.24, 2.45) is 5.41 Å². The molecular formula is C23H32N2O3. The maximum absolute atomic E-state index is 13.2. The lowest BCUT2D eigenvalue weighted by atomic mass is 9.71. The van der Waals surface area contributed by atoms with Gasteiger partial charge in [-0.1, -0.05) is 31.2 Å². The molecule has 2 atom stereocenters. The standard InChI is InChI=1S/C23H32N2O3/c1-3-5-11-21(27)24-14-8-13-23(16-24)17-25(15-12-20(23)26)22(28)19-10-7-6-9-18(19)4-2/h3,6-7,9-10,20,26H,1,4-5,8,11-17H2,2H3/t20-,23+/m1/s1. The molecule has 2 heterocycles. The minimum atomic E-state index is -0.479. The number of hydrogen-bond acceptors (Lipinski definition) is 3. The second-order valence-corrected chi connectivity index (χ2v) is 8.15. The molecule has 0 aliphatic carbocycles. The molecule has 1 aromatic rings. The molecule has 0 bridgehead atoms. The maximum atomic E-state index is 13.2. The zero-order chi connectivity index (χ0) is 20.1. The van der Waals surface area contributed by atoms with Crippen LogP contribution in [0.25, 0.3) is 0 Å². The van der Waals surface area contributed by atoms with Gasteiger partial charge < -0.3 is 14.9 Å². The monoisotopic (exact) mass is 384 g/mol. The molecule has 1 N–H and O–H groups in total. The lowest BCUT2D eigenvalue weighted by Gasteiger charge is -2.51. The molecule has 5 heteroatoms. The summed E-state index contributed by atoms with van der Waals surface area (Å²) in [6.07, 6.45) is 5.50. The molecule has 1 spiro atoms. The number of likely N-dealkylation sites (tertiary alicyclic amines) is 2. The predicted octanol–water partition coefficient (Wildman–Crippen LogP) is 3.03. The van der Waals surface area contributed by atoms with Gasteiger partial charge in [0.25, 0.3) is 5.91 Å². The zero-order valence-electron chi connectivity index (χ0n) is 16.9. The summed E-state index contributed by atoms with van der Waals surface area (Å²) >= 11 is 0. The normalized spacial score (nSPS) is 25.0. The Kier molecular flexibility index (Phi) is 6.55. The summed E-state index contributed by atoms with van der Waals surface area (Å²) in [6.45, 7) is 8.08. The Balaban J connectivity index is 1.77. The van der Waals surface area contributed by atoms with Gasteiger partial charge in [-0.25, -0.2) is 0 Å². The third-order valence-corrected chi connectivity index (χ3v) is 6.32. The topological polar surface area (TPSA) is 60.9 Å². The first-order chi connectivity index (χ1) is 13.5. The van der Waals surface area contributed by atoms with Gasteiger partial charge in [0.15, 0.2) is 0 Å². The highest BCUT2D eigenvalue weighted by atomic mass is 16.3. The van der Waals surface area contributed by atoms with E-state index in [1.54, 1.807) is 6.08 Å². The molecule has 2 saturated heterocycles. The largest absolute Gasteiger partial charge is 0.392 e. The fraction of sp³-hybridized carbons (Fsp3) is 0.565. The molecule has 5 nitrogen and oxygen atoms in total. The number of piperidine rings is 2. The van der Waals surface area contributed by atoms with Crippen LogP contribution in [-0.2, 0) is 11.2 Å². The second-order valence-electron chi connectivity index (χ2n) is 8.15. The van der Waals surface area contributed by atoms with E-state index in [-0.39, 0.29) is 11.8 Å². The van der Waals surface area contributed by atoms with Crippen LogP contribution in [0.15, 0.2) is 36.9 Å². The number of aliphatic hydroxyl groups excluding tert-OH is 1. The van der Waals surface area contributed by atoms with Crippen LogP contribution >= 0.6 is 0 Å². The predicted molar refractivity (Wildman–Crippen MR) is 110 cm³/mol. The quantitative estimate of drug-likeness (QED) is 0.794. The van der Waals surface area contributed by atoms with Crippen molar-refractivity contribution in [1.29, 1.82) is 0 Å². The SMILES string of the molecule is C=CCCC(=O)N1CCC[C@]2(C1)CN(C(=O)c1ccccc1CC)CC[C@H]2O. The first-order valence-corrected chi connectivity index (χ1v) is 10.4. The molecule has 0 radical (unpaired) electrons. The van der Waals surface area contributed by atoms with Gasteiger partial charge in [0.1, 0.15) is 0 Å². The smallest absolute Gasteiger partial charge is 0.254 e. The first-order valence-electron chi connectivity index (χ1n) is 10.4. The van der Waals surface area contributed by atoms with Crippen molar-refractivity contribution in [3.05, 3.63) is 48.0 Å². The van der Waals surface area contributed by atoms with E-state index in [4.69, 9.17) is 0 Å².